The van der Waals surface area contributed by atoms with Gasteiger partial charge in [-0.2, -0.15) is 10.2 Å². The molecule has 1 N–H and O–H groups in total. The van der Waals surface area contributed by atoms with Crippen LogP contribution in [0.15, 0.2) is 36.9 Å². The number of carbonyl (C=O) groups is 2. The molecular formula is C20H21N5O3. The van der Waals surface area contributed by atoms with E-state index in [9.17, 15) is 9.59 Å². The molecule has 144 valence electrons. The van der Waals surface area contributed by atoms with Gasteiger partial charge in [0.05, 0.1) is 25.2 Å². The molecule has 0 radical (unpaired) electrons. The van der Waals surface area contributed by atoms with Crippen molar-refractivity contribution < 1.29 is 14.3 Å². The molecule has 0 spiro atoms. The summed E-state index contributed by atoms with van der Waals surface area (Å²) in [4.78, 5) is 27.2. The summed E-state index contributed by atoms with van der Waals surface area (Å²) in [5.74, 6) is -0.643. The second-order valence-electron chi connectivity index (χ2n) is 6.56. The quantitative estimate of drug-likeness (QED) is 0.542. The summed E-state index contributed by atoms with van der Waals surface area (Å²) < 4.78 is 6.91. The molecule has 0 atom stereocenters. The first-order chi connectivity index (χ1) is 13.6. The van der Waals surface area contributed by atoms with Gasteiger partial charge in [0.2, 0.25) is 0 Å². The Morgan fingerprint density at radius 3 is 2.93 bits per heavy atom. The first-order valence-electron chi connectivity index (χ1n) is 9.23. The number of esters is 1. The Kier molecular flexibility index (Phi) is 4.68. The van der Waals surface area contributed by atoms with Crippen LogP contribution in [0.25, 0.3) is 10.9 Å². The van der Waals surface area contributed by atoms with Crippen LogP contribution in [0.3, 0.4) is 0 Å². The van der Waals surface area contributed by atoms with Crippen LogP contribution in [0.1, 0.15) is 39.2 Å². The van der Waals surface area contributed by atoms with Gasteiger partial charge in [-0.05, 0) is 13.0 Å². The van der Waals surface area contributed by atoms with Crippen LogP contribution in [-0.2, 0) is 24.2 Å². The molecule has 3 heterocycles. The number of H-pyrrole nitrogens is 1. The normalized spacial score (nSPS) is 13.4. The fraction of sp³-hybridized carbons (Fsp3) is 0.300. The standard InChI is InChI=1S/C20H21N5O3/c1-3-10-25-16-9-11-24(12-14(16)18(23-25)20(27)28-4-2)19(26)17-13-7-5-6-8-15(13)21-22-17/h3,5-8H,1,4,9-12H2,2H3,(H,21,22). The number of benzene rings is 1. The maximum atomic E-state index is 13.1. The largest absolute Gasteiger partial charge is 0.461 e. The van der Waals surface area contributed by atoms with Crippen molar-refractivity contribution in [1.82, 2.24) is 24.9 Å². The lowest BCUT2D eigenvalue weighted by Crippen LogP contribution is -2.37. The minimum atomic E-state index is -0.471. The number of ether oxygens (including phenoxy) is 1. The molecule has 1 aromatic carbocycles. The lowest BCUT2D eigenvalue weighted by atomic mass is 10.0. The minimum absolute atomic E-state index is 0.172. The summed E-state index contributed by atoms with van der Waals surface area (Å²) in [6.45, 7) is 7.09. The van der Waals surface area contributed by atoms with Crippen molar-refractivity contribution in [3.8, 4) is 0 Å². The topological polar surface area (TPSA) is 93.1 Å². The van der Waals surface area contributed by atoms with E-state index in [4.69, 9.17) is 4.74 Å². The maximum absolute atomic E-state index is 13.1. The number of aromatic nitrogens is 4. The molecular weight excluding hydrogens is 358 g/mol. The molecule has 1 aliphatic heterocycles. The maximum Gasteiger partial charge on any atom is 0.359 e. The van der Waals surface area contributed by atoms with Crippen molar-refractivity contribution >= 4 is 22.8 Å². The van der Waals surface area contributed by atoms with Gasteiger partial charge >= 0.3 is 5.97 Å². The summed E-state index contributed by atoms with van der Waals surface area (Å²) >= 11 is 0. The first-order valence-corrected chi connectivity index (χ1v) is 9.23. The molecule has 0 fully saturated rings. The summed E-state index contributed by atoms with van der Waals surface area (Å²) in [7, 11) is 0. The Labute approximate surface area is 161 Å². The smallest absolute Gasteiger partial charge is 0.359 e. The Balaban J connectivity index is 1.67. The Bertz CT molecular complexity index is 1070. The van der Waals surface area contributed by atoms with Crippen LogP contribution in [0.5, 0.6) is 0 Å². The van der Waals surface area contributed by atoms with Crippen molar-refractivity contribution in [1.29, 1.82) is 0 Å². The van der Waals surface area contributed by atoms with Crippen molar-refractivity contribution in [3.63, 3.8) is 0 Å². The molecule has 0 saturated heterocycles. The Hall–Kier alpha value is -3.42. The Morgan fingerprint density at radius 2 is 2.14 bits per heavy atom. The molecule has 1 aliphatic rings. The number of para-hydroxylation sites is 1. The van der Waals surface area contributed by atoms with Crippen molar-refractivity contribution in [2.24, 2.45) is 0 Å². The lowest BCUT2D eigenvalue weighted by Gasteiger charge is -2.27. The summed E-state index contributed by atoms with van der Waals surface area (Å²) in [5, 5.41) is 12.3. The zero-order valence-corrected chi connectivity index (χ0v) is 15.6. The second-order valence-corrected chi connectivity index (χ2v) is 6.56. The molecule has 8 nitrogen and oxygen atoms in total. The number of amides is 1. The minimum Gasteiger partial charge on any atom is -0.461 e. The van der Waals surface area contributed by atoms with Crippen LogP contribution in [-0.4, -0.2) is 49.9 Å². The van der Waals surface area contributed by atoms with E-state index in [-0.39, 0.29) is 18.2 Å². The van der Waals surface area contributed by atoms with E-state index in [2.05, 4.69) is 21.9 Å². The molecule has 2 aromatic heterocycles. The highest BCUT2D eigenvalue weighted by Crippen LogP contribution is 2.26. The van der Waals surface area contributed by atoms with Crippen molar-refractivity contribution in [2.75, 3.05) is 13.2 Å². The monoisotopic (exact) mass is 379 g/mol. The van der Waals surface area contributed by atoms with Crippen molar-refractivity contribution in [3.05, 3.63) is 59.6 Å². The van der Waals surface area contributed by atoms with Gasteiger partial charge < -0.3 is 9.64 Å². The van der Waals surface area contributed by atoms with E-state index >= 15 is 0 Å². The third kappa shape index (κ3) is 2.96. The highest BCUT2D eigenvalue weighted by molar-refractivity contribution is 6.04. The third-order valence-corrected chi connectivity index (χ3v) is 4.86. The molecule has 0 saturated carbocycles. The highest BCUT2D eigenvalue weighted by atomic mass is 16.5. The van der Waals surface area contributed by atoms with Gasteiger partial charge in [0.15, 0.2) is 11.4 Å². The number of carbonyl (C=O) groups excluding carboxylic acids is 2. The predicted octanol–water partition coefficient (Wildman–Crippen LogP) is 2.32. The summed E-state index contributed by atoms with van der Waals surface area (Å²) in [6.07, 6.45) is 2.33. The molecule has 0 aliphatic carbocycles. The van der Waals surface area contributed by atoms with Gasteiger partial charge in [-0.15, -0.1) is 6.58 Å². The summed E-state index contributed by atoms with van der Waals surface area (Å²) in [6, 6.07) is 7.52. The van der Waals surface area contributed by atoms with Crippen LogP contribution < -0.4 is 0 Å². The fourth-order valence-electron chi connectivity index (χ4n) is 3.58. The zero-order chi connectivity index (χ0) is 19.7. The van der Waals surface area contributed by atoms with E-state index in [0.29, 0.717) is 31.7 Å². The van der Waals surface area contributed by atoms with Crippen LogP contribution >= 0.6 is 0 Å². The molecule has 8 heteroatoms. The van der Waals surface area contributed by atoms with E-state index in [1.54, 1.807) is 22.6 Å². The van der Waals surface area contributed by atoms with E-state index < -0.39 is 5.97 Å². The van der Waals surface area contributed by atoms with Gasteiger partial charge in [0.1, 0.15) is 0 Å². The number of hydrogen-bond donors (Lipinski definition) is 1. The predicted molar refractivity (Wildman–Crippen MR) is 103 cm³/mol. The van der Waals surface area contributed by atoms with Crippen LogP contribution in [0, 0.1) is 0 Å². The van der Waals surface area contributed by atoms with Gasteiger partial charge in [0.25, 0.3) is 5.91 Å². The molecule has 28 heavy (non-hydrogen) atoms. The van der Waals surface area contributed by atoms with Gasteiger partial charge in [0, 0.05) is 29.6 Å². The molecule has 0 bridgehead atoms. The van der Waals surface area contributed by atoms with E-state index in [0.717, 1.165) is 22.2 Å². The number of fused-ring (bicyclic) bond motifs is 2. The summed E-state index contributed by atoms with van der Waals surface area (Å²) in [5.41, 5.74) is 3.14. The number of aromatic amines is 1. The number of hydrogen-bond acceptors (Lipinski definition) is 5. The van der Waals surface area contributed by atoms with E-state index in [1.165, 1.54) is 0 Å². The number of rotatable bonds is 5. The lowest BCUT2D eigenvalue weighted by molar-refractivity contribution is 0.0513. The Morgan fingerprint density at radius 1 is 1.32 bits per heavy atom. The van der Waals surface area contributed by atoms with Gasteiger partial charge in [-0.3, -0.25) is 14.6 Å². The van der Waals surface area contributed by atoms with Crippen LogP contribution in [0.4, 0.5) is 0 Å². The third-order valence-electron chi connectivity index (χ3n) is 4.86. The first kappa shape index (κ1) is 18.0. The van der Waals surface area contributed by atoms with Gasteiger partial charge in [-0.1, -0.05) is 24.3 Å². The number of allylic oxidation sites excluding steroid dienone is 1. The van der Waals surface area contributed by atoms with Crippen LogP contribution in [0.2, 0.25) is 0 Å². The number of nitrogens with zero attached hydrogens (tertiary/aromatic N) is 4. The molecule has 3 aromatic rings. The number of nitrogens with one attached hydrogen (secondary N) is 1. The molecule has 0 unspecified atom stereocenters. The highest BCUT2D eigenvalue weighted by Gasteiger charge is 2.32. The molecule has 1 amide bonds. The SMILES string of the molecule is C=CCn1nc(C(=O)OCC)c2c1CCN(C(=O)c1n[nH]c3ccccc13)C2. The van der Waals surface area contributed by atoms with E-state index in [1.807, 2.05) is 24.3 Å². The zero-order valence-electron chi connectivity index (χ0n) is 15.6. The fourth-order valence-corrected chi connectivity index (χ4v) is 3.58. The average Bonchev–Trinajstić information content (AvgIpc) is 3.29. The van der Waals surface area contributed by atoms with Crippen molar-refractivity contribution in [2.45, 2.75) is 26.4 Å². The average molecular weight is 379 g/mol. The second kappa shape index (κ2) is 7.30. The van der Waals surface area contributed by atoms with Gasteiger partial charge in [-0.25, -0.2) is 4.79 Å². The molecule has 4 rings (SSSR count).